The van der Waals surface area contributed by atoms with Crippen molar-refractivity contribution < 1.29 is 0 Å². The number of hydrogen-bond acceptors (Lipinski definition) is 1. The van der Waals surface area contributed by atoms with Gasteiger partial charge in [-0.25, -0.2) is 0 Å². The first kappa shape index (κ1) is 15.6. The van der Waals surface area contributed by atoms with Gasteiger partial charge in [0.2, 0.25) is 0 Å². The van der Waals surface area contributed by atoms with Crippen molar-refractivity contribution in [1.29, 1.82) is 0 Å². The van der Waals surface area contributed by atoms with Crippen LogP contribution in [0.15, 0.2) is 11.6 Å². The molecule has 1 heteroatoms. The van der Waals surface area contributed by atoms with Crippen LogP contribution in [0.5, 0.6) is 0 Å². The Morgan fingerprint density at radius 3 is 1.86 bits per heavy atom. The molecule has 0 spiro atoms. The number of allylic oxidation sites excluding steroid dienone is 1. The second-order valence-electron chi connectivity index (χ2n) is 8.18. The largest absolute Gasteiger partial charge is 0.309 e. The monoisotopic (exact) mass is 289 g/mol. The zero-order valence-corrected chi connectivity index (χ0v) is 14.3. The second-order valence-corrected chi connectivity index (χ2v) is 8.18. The minimum atomic E-state index is 0.967. The predicted octanol–water partition coefficient (Wildman–Crippen LogP) is 5.27. The Bertz CT molecular complexity index is 331. The fourth-order valence-electron chi connectivity index (χ4n) is 5.48. The normalized spacial score (nSPS) is 36.8. The van der Waals surface area contributed by atoms with Gasteiger partial charge in [0.15, 0.2) is 0 Å². The standard InChI is InChI=1S/C20H35N/c1-21(2)15-7-12-20-18-10-5-3-8-16(18)13-14-17-9-4-6-11-19(17)20/h12,16-19H,3-11,13-15H2,1-2H3. The minimum Gasteiger partial charge on any atom is -0.309 e. The lowest BCUT2D eigenvalue weighted by Crippen LogP contribution is -2.26. The van der Waals surface area contributed by atoms with E-state index in [0.717, 1.165) is 23.7 Å². The highest BCUT2D eigenvalue weighted by Gasteiger charge is 2.38. The van der Waals surface area contributed by atoms with Gasteiger partial charge in [0, 0.05) is 6.54 Å². The Kier molecular flexibility index (Phi) is 5.43. The second kappa shape index (κ2) is 7.31. The molecule has 0 aliphatic heterocycles. The van der Waals surface area contributed by atoms with Crippen LogP contribution < -0.4 is 0 Å². The highest BCUT2D eigenvalue weighted by molar-refractivity contribution is 5.17. The lowest BCUT2D eigenvalue weighted by Gasteiger charge is -2.37. The summed E-state index contributed by atoms with van der Waals surface area (Å²) < 4.78 is 0. The van der Waals surface area contributed by atoms with E-state index >= 15 is 0 Å². The van der Waals surface area contributed by atoms with E-state index in [1.54, 1.807) is 0 Å². The first-order chi connectivity index (χ1) is 10.3. The van der Waals surface area contributed by atoms with E-state index in [9.17, 15) is 0 Å². The van der Waals surface area contributed by atoms with Crippen LogP contribution in [-0.4, -0.2) is 25.5 Å². The van der Waals surface area contributed by atoms with Crippen LogP contribution in [0.4, 0.5) is 0 Å². The third-order valence-corrected chi connectivity index (χ3v) is 6.54. The van der Waals surface area contributed by atoms with Crippen molar-refractivity contribution in [2.75, 3.05) is 20.6 Å². The summed E-state index contributed by atoms with van der Waals surface area (Å²) >= 11 is 0. The van der Waals surface area contributed by atoms with E-state index in [1.165, 1.54) is 77.2 Å². The average molecular weight is 290 g/mol. The third kappa shape index (κ3) is 3.73. The predicted molar refractivity (Wildman–Crippen MR) is 91.4 cm³/mol. The van der Waals surface area contributed by atoms with E-state index in [0.29, 0.717) is 0 Å². The van der Waals surface area contributed by atoms with Gasteiger partial charge >= 0.3 is 0 Å². The summed E-state index contributed by atoms with van der Waals surface area (Å²) in [5.74, 6) is 4.01. The molecule has 0 aromatic rings. The Labute approximate surface area is 132 Å². The van der Waals surface area contributed by atoms with Crippen LogP contribution >= 0.6 is 0 Å². The van der Waals surface area contributed by atoms with Gasteiger partial charge in [0.1, 0.15) is 0 Å². The summed E-state index contributed by atoms with van der Waals surface area (Å²) in [5.41, 5.74) is 1.93. The molecule has 3 rings (SSSR count). The fourth-order valence-corrected chi connectivity index (χ4v) is 5.48. The highest BCUT2D eigenvalue weighted by atomic mass is 15.0. The van der Waals surface area contributed by atoms with Gasteiger partial charge in [0.25, 0.3) is 0 Å². The van der Waals surface area contributed by atoms with E-state index in [2.05, 4.69) is 25.1 Å². The quantitative estimate of drug-likeness (QED) is 0.640. The fraction of sp³-hybridized carbons (Fsp3) is 0.900. The average Bonchev–Trinajstić information content (AvgIpc) is 2.65. The summed E-state index contributed by atoms with van der Waals surface area (Å²) in [7, 11) is 4.41. The van der Waals surface area contributed by atoms with Gasteiger partial charge in [-0.3, -0.25) is 0 Å². The van der Waals surface area contributed by atoms with Crippen molar-refractivity contribution in [2.45, 2.75) is 70.6 Å². The van der Waals surface area contributed by atoms with E-state index < -0.39 is 0 Å². The van der Waals surface area contributed by atoms with Crippen molar-refractivity contribution in [1.82, 2.24) is 4.90 Å². The molecule has 4 unspecified atom stereocenters. The van der Waals surface area contributed by atoms with Crippen molar-refractivity contribution in [3.05, 3.63) is 11.6 Å². The smallest absolute Gasteiger partial charge is 0.000991 e. The van der Waals surface area contributed by atoms with E-state index in [1.807, 2.05) is 5.57 Å². The van der Waals surface area contributed by atoms with Crippen LogP contribution in [0, 0.1) is 23.7 Å². The zero-order chi connectivity index (χ0) is 14.7. The third-order valence-electron chi connectivity index (χ3n) is 6.54. The molecule has 0 aromatic carbocycles. The van der Waals surface area contributed by atoms with Crippen LogP contribution in [0.1, 0.15) is 70.6 Å². The molecular weight excluding hydrogens is 254 g/mol. The lowest BCUT2D eigenvalue weighted by molar-refractivity contribution is 0.253. The molecule has 120 valence electrons. The number of nitrogens with zero attached hydrogens (tertiary/aromatic N) is 1. The molecule has 0 saturated heterocycles. The first-order valence-electron chi connectivity index (χ1n) is 9.60. The first-order valence-corrected chi connectivity index (χ1v) is 9.60. The molecule has 0 bridgehead atoms. The van der Waals surface area contributed by atoms with E-state index in [4.69, 9.17) is 0 Å². The number of fused-ring (bicyclic) bond motifs is 2. The molecule has 0 N–H and O–H groups in total. The van der Waals surface area contributed by atoms with Crippen LogP contribution in [0.2, 0.25) is 0 Å². The maximum atomic E-state index is 2.71. The molecule has 4 atom stereocenters. The molecule has 0 radical (unpaired) electrons. The number of hydrogen-bond donors (Lipinski definition) is 0. The van der Waals surface area contributed by atoms with E-state index in [-0.39, 0.29) is 0 Å². The van der Waals surface area contributed by atoms with Gasteiger partial charge in [-0.2, -0.15) is 0 Å². The highest BCUT2D eigenvalue weighted by Crippen LogP contribution is 2.50. The van der Waals surface area contributed by atoms with Crippen LogP contribution in [0.3, 0.4) is 0 Å². The molecule has 3 aliphatic carbocycles. The molecule has 3 saturated carbocycles. The summed E-state index contributed by atoms with van der Waals surface area (Å²) in [6.07, 6.45) is 19.1. The SMILES string of the molecule is CN(C)CCC=C1C2CCCCC2CCC2CCCCC12. The summed E-state index contributed by atoms with van der Waals surface area (Å²) in [4.78, 5) is 2.34. The summed E-state index contributed by atoms with van der Waals surface area (Å²) in [5, 5.41) is 0. The molecule has 3 fully saturated rings. The molecular formula is C20H35N. The van der Waals surface area contributed by atoms with Gasteiger partial charge < -0.3 is 4.90 Å². The molecule has 1 nitrogen and oxygen atoms in total. The maximum absolute atomic E-state index is 2.71. The van der Waals surface area contributed by atoms with Crippen molar-refractivity contribution in [3.63, 3.8) is 0 Å². The minimum absolute atomic E-state index is 0.967. The molecule has 0 amide bonds. The topological polar surface area (TPSA) is 3.24 Å². The maximum Gasteiger partial charge on any atom is 0.000991 e. The Morgan fingerprint density at radius 2 is 1.33 bits per heavy atom. The molecule has 21 heavy (non-hydrogen) atoms. The van der Waals surface area contributed by atoms with Gasteiger partial charge in [-0.1, -0.05) is 37.3 Å². The molecule has 3 aliphatic rings. The van der Waals surface area contributed by atoms with Gasteiger partial charge in [-0.05, 0) is 82.7 Å². The molecule has 0 heterocycles. The van der Waals surface area contributed by atoms with Crippen molar-refractivity contribution in [2.24, 2.45) is 23.7 Å². The Hall–Kier alpha value is -0.300. The van der Waals surface area contributed by atoms with Gasteiger partial charge in [0.05, 0.1) is 0 Å². The zero-order valence-electron chi connectivity index (χ0n) is 14.3. The van der Waals surface area contributed by atoms with Gasteiger partial charge in [-0.15, -0.1) is 0 Å². The molecule has 0 aromatic heterocycles. The summed E-state index contributed by atoms with van der Waals surface area (Å²) in [6, 6.07) is 0. The Balaban J connectivity index is 1.80. The Morgan fingerprint density at radius 1 is 0.810 bits per heavy atom. The van der Waals surface area contributed by atoms with Crippen LogP contribution in [0.25, 0.3) is 0 Å². The summed E-state index contributed by atoms with van der Waals surface area (Å²) in [6.45, 7) is 1.22. The lowest BCUT2D eigenvalue weighted by atomic mass is 9.69. The van der Waals surface area contributed by atoms with Crippen molar-refractivity contribution >= 4 is 0 Å². The number of rotatable bonds is 3. The van der Waals surface area contributed by atoms with Crippen molar-refractivity contribution in [3.8, 4) is 0 Å². The van der Waals surface area contributed by atoms with Crippen LogP contribution in [-0.2, 0) is 0 Å².